The van der Waals surface area contributed by atoms with Crippen molar-refractivity contribution in [1.29, 1.82) is 0 Å². The van der Waals surface area contributed by atoms with Gasteiger partial charge in [-0.1, -0.05) is 35.7 Å². The molecule has 2 aliphatic heterocycles. The smallest absolute Gasteiger partial charge is 0.161 e. The topological polar surface area (TPSA) is 24.9 Å². The molecule has 180 valence electrons. The summed E-state index contributed by atoms with van der Waals surface area (Å²) in [5, 5.41) is 0. The SMILES string of the molecule is C#Cc1cccc(N2COc3ccc(Sc4ccc5c(c4)CN(c4cccc(C#C)c4)CO5)cc3C2)c1. The molecule has 4 aromatic carbocycles. The molecule has 0 amide bonds. The van der Waals surface area contributed by atoms with E-state index in [9.17, 15) is 0 Å². The van der Waals surface area contributed by atoms with Crippen molar-refractivity contribution >= 4 is 23.1 Å². The zero-order chi connectivity index (χ0) is 25.2. The van der Waals surface area contributed by atoms with E-state index in [1.165, 1.54) is 0 Å². The minimum absolute atomic E-state index is 0.499. The number of terminal acetylenes is 2. The van der Waals surface area contributed by atoms with Gasteiger partial charge in [-0.2, -0.15) is 0 Å². The van der Waals surface area contributed by atoms with E-state index in [4.69, 9.17) is 22.3 Å². The molecular formula is C32H24N2O2S. The number of rotatable bonds is 4. The lowest BCUT2D eigenvalue weighted by Crippen LogP contribution is -2.31. The Kier molecular flexibility index (Phi) is 6.15. The summed E-state index contributed by atoms with van der Waals surface area (Å²) < 4.78 is 12.1. The second-order valence-corrected chi connectivity index (χ2v) is 10.1. The average molecular weight is 501 g/mol. The number of hydrogen-bond acceptors (Lipinski definition) is 5. The van der Waals surface area contributed by atoms with Gasteiger partial charge in [0.2, 0.25) is 0 Å². The van der Waals surface area contributed by atoms with E-state index in [1.807, 2.05) is 36.4 Å². The Morgan fingerprint density at radius 2 is 1.11 bits per heavy atom. The molecule has 2 aliphatic rings. The number of anilines is 2. The molecule has 2 heterocycles. The lowest BCUT2D eigenvalue weighted by Gasteiger charge is -2.31. The van der Waals surface area contributed by atoms with Gasteiger partial charge in [0.25, 0.3) is 0 Å². The minimum atomic E-state index is 0.499. The molecule has 4 aromatic rings. The molecule has 0 spiro atoms. The lowest BCUT2D eigenvalue weighted by atomic mass is 10.1. The average Bonchev–Trinajstić information content (AvgIpc) is 2.96. The van der Waals surface area contributed by atoms with Crippen molar-refractivity contribution in [2.24, 2.45) is 0 Å². The van der Waals surface area contributed by atoms with E-state index in [0.717, 1.165) is 68.0 Å². The van der Waals surface area contributed by atoms with Crippen LogP contribution in [0.1, 0.15) is 22.3 Å². The highest BCUT2D eigenvalue weighted by Crippen LogP contribution is 2.37. The molecule has 5 heteroatoms. The zero-order valence-electron chi connectivity index (χ0n) is 20.2. The third-order valence-electron chi connectivity index (χ3n) is 6.53. The third-order valence-corrected chi connectivity index (χ3v) is 7.51. The van der Waals surface area contributed by atoms with Crippen LogP contribution in [-0.2, 0) is 13.1 Å². The van der Waals surface area contributed by atoms with E-state index in [2.05, 4.69) is 70.2 Å². The number of benzene rings is 4. The maximum absolute atomic E-state index is 6.04. The van der Waals surface area contributed by atoms with Gasteiger partial charge in [-0.3, -0.25) is 0 Å². The summed E-state index contributed by atoms with van der Waals surface area (Å²) in [6.45, 7) is 2.53. The minimum Gasteiger partial charge on any atom is -0.473 e. The van der Waals surface area contributed by atoms with Gasteiger partial charge in [-0.25, -0.2) is 0 Å². The van der Waals surface area contributed by atoms with Crippen LogP contribution in [0.2, 0.25) is 0 Å². The highest BCUT2D eigenvalue weighted by molar-refractivity contribution is 7.99. The molecule has 0 saturated heterocycles. The van der Waals surface area contributed by atoms with Crippen LogP contribution in [0.5, 0.6) is 11.5 Å². The first-order valence-electron chi connectivity index (χ1n) is 12.0. The lowest BCUT2D eigenvalue weighted by molar-refractivity contribution is 0.289. The Balaban J connectivity index is 1.19. The van der Waals surface area contributed by atoms with E-state index >= 15 is 0 Å². The molecule has 0 bridgehead atoms. The molecule has 0 saturated carbocycles. The van der Waals surface area contributed by atoms with E-state index in [-0.39, 0.29) is 0 Å². The quantitative estimate of drug-likeness (QED) is 0.297. The second-order valence-electron chi connectivity index (χ2n) is 8.97. The molecule has 0 radical (unpaired) electrons. The molecule has 0 unspecified atom stereocenters. The van der Waals surface area contributed by atoms with Crippen molar-refractivity contribution in [2.45, 2.75) is 22.9 Å². The van der Waals surface area contributed by atoms with Gasteiger partial charge >= 0.3 is 0 Å². The standard InChI is InChI=1S/C32H24N2O2S/c1-3-23-7-5-9-27(15-23)33-19-25-17-29(11-13-31(25)35-21-33)37-30-12-14-32-26(18-30)20-34(22-36-32)28-10-6-8-24(4-2)16-28/h1-2,5-18H,19-22H2. The van der Waals surface area contributed by atoms with Gasteiger partial charge < -0.3 is 19.3 Å². The number of nitrogens with zero attached hydrogens (tertiary/aromatic N) is 2. The zero-order valence-corrected chi connectivity index (χ0v) is 21.0. The fraction of sp³-hybridized carbons (Fsp3) is 0.125. The van der Waals surface area contributed by atoms with Crippen LogP contribution < -0.4 is 19.3 Å². The molecule has 0 N–H and O–H groups in total. The Labute approximate surface area is 221 Å². The van der Waals surface area contributed by atoms with Crippen LogP contribution in [0.3, 0.4) is 0 Å². The number of ether oxygens (including phenoxy) is 2. The molecule has 0 aliphatic carbocycles. The summed E-state index contributed by atoms with van der Waals surface area (Å²) in [5.74, 6) is 7.28. The molecule has 4 nitrogen and oxygen atoms in total. The van der Waals surface area contributed by atoms with E-state index in [1.54, 1.807) is 11.8 Å². The molecule has 6 rings (SSSR count). The molecule has 37 heavy (non-hydrogen) atoms. The molecule has 0 fully saturated rings. The molecule has 0 aromatic heterocycles. The van der Waals surface area contributed by atoms with Crippen molar-refractivity contribution in [2.75, 3.05) is 23.3 Å². The van der Waals surface area contributed by atoms with Crippen LogP contribution in [0, 0.1) is 24.7 Å². The van der Waals surface area contributed by atoms with E-state index in [0.29, 0.717) is 13.5 Å². The van der Waals surface area contributed by atoms with Crippen LogP contribution in [-0.4, -0.2) is 13.5 Å². The Hall–Kier alpha value is -4.45. The van der Waals surface area contributed by atoms with Gasteiger partial charge in [0.15, 0.2) is 13.5 Å². The maximum Gasteiger partial charge on any atom is 0.161 e. The fourth-order valence-electron chi connectivity index (χ4n) is 4.62. The Bertz CT molecular complexity index is 1450. The van der Waals surface area contributed by atoms with Gasteiger partial charge in [0, 0.05) is 56.5 Å². The first-order valence-corrected chi connectivity index (χ1v) is 12.8. The van der Waals surface area contributed by atoms with Crippen LogP contribution in [0.15, 0.2) is 94.7 Å². The Morgan fingerprint density at radius 1 is 0.622 bits per heavy atom. The summed E-state index contributed by atoms with van der Waals surface area (Å²) in [5.41, 5.74) is 6.17. The summed E-state index contributed by atoms with van der Waals surface area (Å²) in [6, 6.07) is 28.8. The summed E-state index contributed by atoms with van der Waals surface area (Å²) >= 11 is 1.74. The first kappa shape index (κ1) is 23.0. The van der Waals surface area contributed by atoms with Gasteiger partial charge in [-0.05, 0) is 72.8 Å². The van der Waals surface area contributed by atoms with E-state index < -0.39 is 0 Å². The third kappa shape index (κ3) is 4.83. The van der Waals surface area contributed by atoms with Crippen LogP contribution in [0.25, 0.3) is 0 Å². The summed E-state index contributed by atoms with van der Waals surface area (Å²) in [4.78, 5) is 6.71. The predicted octanol–water partition coefficient (Wildman–Crippen LogP) is 6.51. The second kappa shape index (κ2) is 9.90. The van der Waals surface area contributed by atoms with Gasteiger partial charge in [0.05, 0.1) is 0 Å². The van der Waals surface area contributed by atoms with Crippen LogP contribution >= 0.6 is 11.8 Å². The normalized spacial score (nSPS) is 13.9. The van der Waals surface area contributed by atoms with Crippen molar-refractivity contribution in [3.63, 3.8) is 0 Å². The van der Waals surface area contributed by atoms with Gasteiger partial charge in [-0.15, -0.1) is 12.8 Å². The number of fused-ring (bicyclic) bond motifs is 2. The monoisotopic (exact) mass is 500 g/mol. The number of hydrogen-bond donors (Lipinski definition) is 0. The van der Waals surface area contributed by atoms with Gasteiger partial charge in [0.1, 0.15) is 11.5 Å². The predicted molar refractivity (Wildman–Crippen MR) is 149 cm³/mol. The first-order chi connectivity index (χ1) is 18.2. The van der Waals surface area contributed by atoms with Crippen molar-refractivity contribution < 1.29 is 9.47 Å². The maximum atomic E-state index is 6.04. The van der Waals surface area contributed by atoms with Crippen LogP contribution in [0.4, 0.5) is 11.4 Å². The molecular weight excluding hydrogens is 476 g/mol. The van der Waals surface area contributed by atoms with Crippen molar-refractivity contribution in [3.05, 3.63) is 107 Å². The molecule has 0 atom stereocenters. The largest absolute Gasteiger partial charge is 0.473 e. The summed E-state index contributed by atoms with van der Waals surface area (Å²) in [7, 11) is 0. The highest BCUT2D eigenvalue weighted by Gasteiger charge is 2.20. The van der Waals surface area contributed by atoms with Crippen molar-refractivity contribution in [1.82, 2.24) is 0 Å². The Morgan fingerprint density at radius 3 is 1.57 bits per heavy atom. The summed E-state index contributed by atoms with van der Waals surface area (Å²) in [6.07, 6.45) is 11.2. The van der Waals surface area contributed by atoms with Crippen molar-refractivity contribution in [3.8, 4) is 36.2 Å². The highest BCUT2D eigenvalue weighted by atomic mass is 32.2. The fourth-order valence-corrected chi connectivity index (χ4v) is 5.56.